The lowest BCUT2D eigenvalue weighted by atomic mass is 10.0. The summed E-state index contributed by atoms with van der Waals surface area (Å²) >= 11 is 6.73. The van der Waals surface area contributed by atoms with E-state index in [0.717, 1.165) is 33.0 Å². The number of halogens is 1. The lowest BCUT2D eigenvalue weighted by molar-refractivity contribution is -0.143. The van der Waals surface area contributed by atoms with Crippen LogP contribution in [0.2, 0.25) is 5.02 Å². The molecule has 1 fully saturated rings. The number of nitrogens with zero attached hydrogens (tertiary/aromatic N) is 1. The summed E-state index contributed by atoms with van der Waals surface area (Å²) in [7, 11) is 1.21. The standard InChI is InChI=1S/C24H18ClNO5S/c1-30-22(27)13-26-23(28)21(32-24(26)29)12-19-18-5-3-2-4-16(18)8-11-20(19)31-14-15-6-9-17(25)10-7-15/h2-12H,13-14H2,1H3/b21-12+. The number of carbonyl (C=O) groups excluding carboxylic acids is 3. The van der Waals surface area contributed by atoms with Gasteiger partial charge in [-0.05, 0) is 52.4 Å². The first-order valence-electron chi connectivity index (χ1n) is 9.67. The van der Waals surface area contributed by atoms with Crippen molar-refractivity contribution in [2.75, 3.05) is 13.7 Å². The number of benzene rings is 3. The first kappa shape index (κ1) is 21.9. The molecule has 8 heteroatoms. The van der Waals surface area contributed by atoms with E-state index in [1.165, 1.54) is 7.11 Å². The molecule has 2 amide bonds. The van der Waals surface area contributed by atoms with Crippen molar-refractivity contribution in [1.29, 1.82) is 0 Å². The summed E-state index contributed by atoms with van der Waals surface area (Å²) in [6.07, 6.45) is 1.64. The minimum atomic E-state index is -0.661. The molecule has 1 heterocycles. The Morgan fingerprint density at radius 2 is 1.81 bits per heavy atom. The predicted octanol–water partition coefficient (Wildman–Crippen LogP) is 5.28. The number of hydrogen-bond donors (Lipinski definition) is 0. The van der Waals surface area contributed by atoms with Crippen molar-refractivity contribution in [3.63, 3.8) is 0 Å². The lowest BCUT2D eigenvalue weighted by Gasteiger charge is -2.13. The number of ether oxygens (including phenoxy) is 2. The zero-order valence-electron chi connectivity index (χ0n) is 17.0. The smallest absolute Gasteiger partial charge is 0.325 e. The van der Waals surface area contributed by atoms with Crippen LogP contribution in [0.3, 0.4) is 0 Å². The fourth-order valence-corrected chi connectivity index (χ4v) is 4.20. The molecule has 0 spiro atoms. The topological polar surface area (TPSA) is 72.9 Å². The van der Waals surface area contributed by atoms with E-state index in [-0.39, 0.29) is 4.91 Å². The predicted molar refractivity (Wildman–Crippen MR) is 124 cm³/mol. The van der Waals surface area contributed by atoms with Crippen LogP contribution >= 0.6 is 23.4 Å². The second-order valence-electron chi connectivity index (χ2n) is 6.96. The summed E-state index contributed by atoms with van der Waals surface area (Å²) in [5.74, 6) is -0.633. The van der Waals surface area contributed by atoms with Gasteiger partial charge in [-0.25, -0.2) is 0 Å². The molecule has 0 unspecified atom stereocenters. The van der Waals surface area contributed by atoms with Crippen LogP contribution in [0.25, 0.3) is 16.8 Å². The molecule has 0 bridgehead atoms. The molecule has 3 aromatic carbocycles. The number of methoxy groups -OCH3 is 1. The molecule has 0 radical (unpaired) electrons. The van der Waals surface area contributed by atoms with Crippen molar-refractivity contribution in [2.45, 2.75) is 6.61 Å². The second-order valence-corrected chi connectivity index (χ2v) is 8.39. The highest BCUT2D eigenvalue weighted by Crippen LogP contribution is 2.37. The normalized spacial score (nSPS) is 14.9. The van der Waals surface area contributed by atoms with E-state index in [1.807, 2.05) is 48.5 Å². The van der Waals surface area contributed by atoms with Gasteiger partial charge in [-0.1, -0.05) is 54.1 Å². The molecule has 32 heavy (non-hydrogen) atoms. The van der Waals surface area contributed by atoms with Crippen molar-refractivity contribution in [3.05, 3.63) is 81.7 Å². The third-order valence-electron chi connectivity index (χ3n) is 4.90. The largest absolute Gasteiger partial charge is 0.488 e. The van der Waals surface area contributed by atoms with Gasteiger partial charge < -0.3 is 9.47 Å². The molecule has 0 N–H and O–H groups in total. The molecule has 4 rings (SSSR count). The molecular weight excluding hydrogens is 450 g/mol. The van der Waals surface area contributed by atoms with Crippen LogP contribution in [0, 0.1) is 0 Å². The molecular formula is C24H18ClNO5S. The van der Waals surface area contributed by atoms with Crippen molar-refractivity contribution in [1.82, 2.24) is 4.90 Å². The van der Waals surface area contributed by atoms with Crippen molar-refractivity contribution < 1.29 is 23.9 Å². The van der Waals surface area contributed by atoms with Crippen LogP contribution in [0.4, 0.5) is 4.79 Å². The fraction of sp³-hybridized carbons (Fsp3) is 0.125. The van der Waals surface area contributed by atoms with Gasteiger partial charge in [0.2, 0.25) is 0 Å². The Kier molecular flexibility index (Phi) is 6.48. The van der Waals surface area contributed by atoms with E-state index in [9.17, 15) is 14.4 Å². The number of amides is 2. The van der Waals surface area contributed by atoms with Gasteiger partial charge in [-0.2, -0.15) is 0 Å². The van der Waals surface area contributed by atoms with Gasteiger partial charge in [0, 0.05) is 10.6 Å². The number of imide groups is 1. The molecule has 3 aromatic rings. The summed E-state index contributed by atoms with van der Waals surface area (Å²) in [4.78, 5) is 37.7. The van der Waals surface area contributed by atoms with E-state index in [2.05, 4.69) is 4.74 Å². The highest BCUT2D eigenvalue weighted by Gasteiger charge is 2.36. The monoisotopic (exact) mass is 467 g/mol. The van der Waals surface area contributed by atoms with Gasteiger partial charge in [0.25, 0.3) is 11.1 Å². The fourth-order valence-electron chi connectivity index (χ4n) is 3.25. The minimum Gasteiger partial charge on any atom is -0.488 e. The summed E-state index contributed by atoms with van der Waals surface area (Å²) < 4.78 is 10.6. The van der Waals surface area contributed by atoms with Gasteiger partial charge in [-0.3, -0.25) is 19.3 Å². The summed E-state index contributed by atoms with van der Waals surface area (Å²) in [6.45, 7) is -0.117. The van der Waals surface area contributed by atoms with E-state index in [0.29, 0.717) is 22.9 Å². The molecule has 0 aromatic heterocycles. The average molecular weight is 468 g/mol. The molecule has 0 atom stereocenters. The Morgan fingerprint density at radius 1 is 1.06 bits per heavy atom. The summed E-state index contributed by atoms with van der Waals surface area (Å²) in [5, 5.41) is 1.96. The van der Waals surface area contributed by atoms with Crippen LogP contribution in [-0.4, -0.2) is 35.7 Å². The minimum absolute atomic E-state index is 0.214. The van der Waals surface area contributed by atoms with Crippen LogP contribution in [0.15, 0.2) is 65.6 Å². The number of thioether (sulfide) groups is 1. The van der Waals surface area contributed by atoms with Gasteiger partial charge in [0.15, 0.2) is 0 Å². The van der Waals surface area contributed by atoms with Crippen LogP contribution in [-0.2, 0) is 20.9 Å². The third-order valence-corrected chi connectivity index (χ3v) is 6.06. The lowest BCUT2D eigenvalue weighted by Crippen LogP contribution is -2.34. The highest BCUT2D eigenvalue weighted by molar-refractivity contribution is 8.18. The van der Waals surface area contributed by atoms with E-state index in [1.54, 1.807) is 18.2 Å². The summed E-state index contributed by atoms with van der Waals surface area (Å²) in [5.41, 5.74) is 1.62. The van der Waals surface area contributed by atoms with E-state index >= 15 is 0 Å². The third kappa shape index (κ3) is 4.64. The van der Waals surface area contributed by atoms with Gasteiger partial charge in [0.05, 0.1) is 12.0 Å². The Bertz CT molecular complexity index is 1240. The Balaban J connectivity index is 1.69. The number of esters is 1. The van der Waals surface area contributed by atoms with Crippen molar-refractivity contribution >= 4 is 57.3 Å². The Hall–Kier alpha value is -3.29. The van der Waals surface area contributed by atoms with Crippen molar-refractivity contribution in [2.24, 2.45) is 0 Å². The molecule has 0 aliphatic carbocycles. The van der Waals surface area contributed by atoms with Gasteiger partial charge >= 0.3 is 5.97 Å². The molecule has 162 valence electrons. The maximum absolute atomic E-state index is 12.8. The number of rotatable bonds is 6. The zero-order valence-corrected chi connectivity index (χ0v) is 18.6. The van der Waals surface area contributed by atoms with Crippen LogP contribution in [0.5, 0.6) is 5.75 Å². The zero-order chi connectivity index (χ0) is 22.7. The van der Waals surface area contributed by atoms with Crippen molar-refractivity contribution in [3.8, 4) is 5.75 Å². The average Bonchev–Trinajstić information content (AvgIpc) is 3.06. The molecule has 0 saturated carbocycles. The molecule has 1 aliphatic rings. The Morgan fingerprint density at radius 3 is 2.56 bits per heavy atom. The Labute approximate surface area is 193 Å². The highest BCUT2D eigenvalue weighted by atomic mass is 35.5. The van der Waals surface area contributed by atoms with E-state index < -0.39 is 23.7 Å². The quantitative estimate of drug-likeness (QED) is 0.362. The number of carbonyl (C=O) groups is 3. The van der Waals surface area contributed by atoms with Gasteiger partial charge in [-0.15, -0.1) is 0 Å². The molecule has 1 aliphatic heterocycles. The number of hydrogen-bond acceptors (Lipinski definition) is 6. The first-order valence-corrected chi connectivity index (χ1v) is 10.9. The van der Waals surface area contributed by atoms with Gasteiger partial charge in [0.1, 0.15) is 18.9 Å². The van der Waals surface area contributed by atoms with Crippen LogP contribution < -0.4 is 4.74 Å². The molecule has 6 nitrogen and oxygen atoms in total. The molecule has 1 saturated heterocycles. The van der Waals surface area contributed by atoms with Crippen LogP contribution in [0.1, 0.15) is 11.1 Å². The maximum atomic E-state index is 12.8. The maximum Gasteiger partial charge on any atom is 0.325 e. The summed E-state index contributed by atoms with van der Waals surface area (Å²) in [6, 6.07) is 18.8. The second kappa shape index (κ2) is 9.46. The first-order chi connectivity index (χ1) is 15.5. The SMILES string of the molecule is COC(=O)CN1C(=O)S/C(=C/c2c(OCc3ccc(Cl)cc3)ccc3ccccc23)C1=O. The van der Waals surface area contributed by atoms with E-state index in [4.69, 9.17) is 16.3 Å². The number of fused-ring (bicyclic) bond motifs is 1.